The third-order valence-electron chi connectivity index (χ3n) is 5.49. The van der Waals surface area contributed by atoms with Crippen molar-refractivity contribution in [2.75, 3.05) is 65.6 Å². The first-order chi connectivity index (χ1) is 14.1. The fraction of sp³-hybridized carbons (Fsp3) is 0.619. The summed E-state index contributed by atoms with van der Waals surface area (Å²) in [5.41, 5.74) is 0.938. The number of hydrogen-bond donors (Lipinski definition) is 1. The molecule has 2 aliphatic rings. The summed E-state index contributed by atoms with van der Waals surface area (Å²) >= 11 is 0. The summed E-state index contributed by atoms with van der Waals surface area (Å²) in [6, 6.07) is 6.81. The second kappa shape index (κ2) is 10.5. The van der Waals surface area contributed by atoms with E-state index < -0.39 is 0 Å². The first kappa shape index (κ1) is 21.5. The highest BCUT2D eigenvalue weighted by Crippen LogP contribution is 2.23. The molecule has 2 fully saturated rings. The molecule has 160 valence electrons. The molecule has 1 unspecified atom stereocenters. The standard InChI is InChI=1S/C21H32FN5O2/c1-3-23-21(27-9-7-25(8-10-27)17(2)28)24-16-20(26-11-13-29-14-12-26)18-5-4-6-19(22)15-18/h4-6,15,20H,3,7-14,16H2,1-2H3,(H,23,24). The molecular weight excluding hydrogens is 373 g/mol. The van der Waals surface area contributed by atoms with Gasteiger partial charge in [-0.1, -0.05) is 12.1 Å². The van der Waals surface area contributed by atoms with Crippen LogP contribution >= 0.6 is 0 Å². The van der Waals surface area contributed by atoms with Gasteiger partial charge in [-0.25, -0.2) is 4.39 Å². The van der Waals surface area contributed by atoms with E-state index >= 15 is 0 Å². The van der Waals surface area contributed by atoms with Gasteiger partial charge in [-0.2, -0.15) is 0 Å². The number of carbonyl (C=O) groups is 1. The monoisotopic (exact) mass is 405 g/mol. The first-order valence-corrected chi connectivity index (χ1v) is 10.4. The molecule has 0 aliphatic carbocycles. The number of rotatable bonds is 5. The maximum Gasteiger partial charge on any atom is 0.219 e. The van der Waals surface area contributed by atoms with Crippen molar-refractivity contribution in [2.24, 2.45) is 4.99 Å². The number of guanidine groups is 1. The summed E-state index contributed by atoms with van der Waals surface area (Å²) in [4.78, 5) is 22.9. The van der Waals surface area contributed by atoms with E-state index in [1.807, 2.05) is 17.9 Å². The van der Waals surface area contributed by atoms with Gasteiger partial charge in [0.2, 0.25) is 5.91 Å². The van der Waals surface area contributed by atoms with Crippen LogP contribution in [0, 0.1) is 5.82 Å². The van der Waals surface area contributed by atoms with Crippen molar-refractivity contribution in [1.29, 1.82) is 0 Å². The van der Waals surface area contributed by atoms with Gasteiger partial charge < -0.3 is 19.9 Å². The van der Waals surface area contributed by atoms with Gasteiger partial charge in [0.1, 0.15) is 5.82 Å². The van der Waals surface area contributed by atoms with Gasteiger partial charge in [-0.05, 0) is 24.6 Å². The zero-order valence-corrected chi connectivity index (χ0v) is 17.4. The van der Waals surface area contributed by atoms with Crippen molar-refractivity contribution >= 4 is 11.9 Å². The van der Waals surface area contributed by atoms with Crippen LogP contribution in [0.25, 0.3) is 0 Å². The smallest absolute Gasteiger partial charge is 0.219 e. The number of piperazine rings is 1. The van der Waals surface area contributed by atoms with Crippen LogP contribution in [0.3, 0.4) is 0 Å². The molecule has 2 aliphatic heterocycles. The van der Waals surface area contributed by atoms with E-state index in [2.05, 4.69) is 15.1 Å². The minimum Gasteiger partial charge on any atom is -0.379 e. The number of morpholine rings is 1. The second-order valence-corrected chi connectivity index (χ2v) is 7.41. The predicted molar refractivity (Wildman–Crippen MR) is 111 cm³/mol. The summed E-state index contributed by atoms with van der Waals surface area (Å²) in [5, 5.41) is 3.37. The van der Waals surface area contributed by atoms with Crippen molar-refractivity contribution in [3.05, 3.63) is 35.6 Å². The maximum absolute atomic E-state index is 13.9. The summed E-state index contributed by atoms with van der Waals surface area (Å²) in [7, 11) is 0. The number of aliphatic imine (C=N–C) groups is 1. The summed E-state index contributed by atoms with van der Waals surface area (Å²) in [5.74, 6) is 0.743. The number of nitrogens with zero attached hydrogens (tertiary/aromatic N) is 4. The summed E-state index contributed by atoms with van der Waals surface area (Å²) < 4.78 is 19.4. The van der Waals surface area contributed by atoms with E-state index in [0.717, 1.165) is 44.2 Å². The Morgan fingerprint density at radius 3 is 2.48 bits per heavy atom. The van der Waals surface area contributed by atoms with Crippen LogP contribution in [0.5, 0.6) is 0 Å². The lowest BCUT2D eigenvalue weighted by Crippen LogP contribution is -2.53. The van der Waals surface area contributed by atoms with E-state index in [1.165, 1.54) is 6.07 Å². The fourth-order valence-electron chi connectivity index (χ4n) is 3.87. The topological polar surface area (TPSA) is 60.4 Å². The molecular formula is C21H32FN5O2. The Morgan fingerprint density at radius 1 is 1.17 bits per heavy atom. The Labute approximate surface area is 172 Å². The molecule has 1 N–H and O–H groups in total. The SMILES string of the molecule is CCNC(=NCC(c1cccc(F)c1)N1CCOCC1)N1CCN(C(C)=O)CC1. The van der Waals surface area contributed by atoms with Crippen LogP contribution in [0.15, 0.2) is 29.3 Å². The van der Waals surface area contributed by atoms with E-state index in [0.29, 0.717) is 32.8 Å². The van der Waals surface area contributed by atoms with Crippen LogP contribution in [0.4, 0.5) is 4.39 Å². The highest BCUT2D eigenvalue weighted by atomic mass is 19.1. The Hall–Kier alpha value is -2.19. The molecule has 0 saturated carbocycles. The average molecular weight is 406 g/mol. The van der Waals surface area contributed by atoms with Crippen LogP contribution in [0.2, 0.25) is 0 Å². The van der Waals surface area contributed by atoms with Crippen molar-refractivity contribution in [3.63, 3.8) is 0 Å². The van der Waals surface area contributed by atoms with E-state index in [1.54, 1.807) is 19.1 Å². The second-order valence-electron chi connectivity index (χ2n) is 7.41. The quantitative estimate of drug-likeness (QED) is 0.592. The number of amides is 1. The zero-order valence-electron chi connectivity index (χ0n) is 17.4. The van der Waals surface area contributed by atoms with E-state index in [-0.39, 0.29) is 17.8 Å². The molecule has 1 aromatic carbocycles. The molecule has 1 atom stereocenters. The van der Waals surface area contributed by atoms with Gasteiger partial charge >= 0.3 is 0 Å². The van der Waals surface area contributed by atoms with Gasteiger partial charge in [0.25, 0.3) is 0 Å². The van der Waals surface area contributed by atoms with Crippen LogP contribution in [-0.4, -0.2) is 92.1 Å². The largest absolute Gasteiger partial charge is 0.379 e. The minimum absolute atomic E-state index is 0.00163. The Kier molecular flexibility index (Phi) is 7.83. The molecule has 8 heteroatoms. The highest BCUT2D eigenvalue weighted by molar-refractivity contribution is 5.80. The van der Waals surface area contributed by atoms with Crippen molar-refractivity contribution in [1.82, 2.24) is 20.0 Å². The number of nitrogens with one attached hydrogen (secondary N) is 1. The van der Waals surface area contributed by atoms with Gasteiger partial charge in [-0.15, -0.1) is 0 Å². The third kappa shape index (κ3) is 5.90. The summed E-state index contributed by atoms with van der Waals surface area (Å²) in [6.07, 6.45) is 0. The van der Waals surface area contributed by atoms with Crippen LogP contribution < -0.4 is 5.32 Å². The van der Waals surface area contributed by atoms with Crippen molar-refractivity contribution < 1.29 is 13.9 Å². The zero-order chi connectivity index (χ0) is 20.6. The van der Waals surface area contributed by atoms with Crippen molar-refractivity contribution in [3.8, 4) is 0 Å². The molecule has 7 nitrogen and oxygen atoms in total. The molecule has 0 radical (unpaired) electrons. The Morgan fingerprint density at radius 2 is 1.86 bits per heavy atom. The van der Waals surface area contributed by atoms with Crippen molar-refractivity contribution in [2.45, 2.75) is 19.9 Å². The average Bonchev–Trinajstić information content (AvgIpc) is 2.74. The number of ether oxygens (including phenoxy) is 1. The lowest BCUT2D eigenvalue weighted by molar-refractivity contribution is -0.130. The number of carbonyl (C=O) groups excluding carboxylic acids is 1. The fourth-order valence-corrected chi connectivity index (χ4v) is 3.87. The van der Waals surface area contributed by atoms with Gasteiger partial charge in [0.15, 0.2) is 5.96 Å². The molecule has 2 heterocycles. The first-order valence-electron chi connectivity index (χ1n) is 10.4. The minimum atomic E-state index is -0.225. The maximum atomic E-state index is 13.9. The van der Waals surface area contributed by atoms with Crippen LogP contribution in [-0.2, 0) is 9.53 Å². The van der Waals surface area contributed by atoms with Gasteiger partial charge in [0.05, 0.1) is 25.8 Å². The summed E-state index contributed by atoms with van der Waals surface area (Å²) in [6.45, 7) is 10.9. The molecule has 0 aromatic heterocycles. The molecule has 0 spiro atoms. The number of benzene rings is 1. The van der Waals surface area contributed by atoms with E-state index in [4.69, 9.17) is 9.73 Å². The van der Waals surface area contributed by atoms with Gasteiger partial charge in [0, 0.05) is 52.7 Å². The molecule has 29 heavy (non-hydrogen) atoms. The Bertz CT molecular complexity index is 700. The molecule has 0 bridgehead atoms. The molecule has 2 saturated heterocycles. The van der Waals surface area contributed by atoms with E-state index in [9.17, 15) is 9.18 Å². The van der Waals surface area contributed by atoms with Crippen LogP contribution in [0.1, 0.15) is 25.5 Å². The highest BCUT2D eigenvalue weighted by Gasteiger charge is 2.25. The molecule has 3 rings (SSSR count). The normalized spacial score (nSPS) is 19.9. The van der Waals surface area contributed by atoms with Gasteiger partial charge in [-0.3, -0.25) is 14.7 Å². The number of hydrogen-bond acceptors (Lipinski definition) is 4. The molecule has 1 aromatic rings. The number of halogens is 1. The Balaban J connectivity index is 1.75. The molecule has 1 amide bonds. The lowest BCUT2D eigenvalue weighted by Gasteiger charge is -2.37. The predicted octanol–water partition coefficient (Wildman–Crippen LogP) is 1.33. The third-order valence-corrected chi connectivity index (χ3v) is 5.49. The lowest BCUT2D eigenvalue weighted by atomic mass is 10.0.